The second-order valence-electron chi connectivity index (χ2n) is 5.59. The third-order valence-electron chi connectivity index (χ3n) is 3.63. The fourth-order valence-corrected chi connectivity index (χ4v) is 2.43. The van der Waals surface area contributed by atoms with E-state index in [9.17, 15) is 14.0 Å². The number of likely N-dealkylation sites (N-methyl/N-ethyl adjacent to an activating group) is 1. The number of benzene rings is 2. The largest absolute Gasteiger partial charge is 0.338 e. The Morgan fingerprint density at radius 3 is 2.38 bits per heavy atom. The molecule has 0 saturated carbocycles. The van der Waals surface area contributed by atoms with E-state index in [0.29, 0.717) is 18.8 Å². The van der Waals surface area contributed by atoms with Gasteiger partial charge in [0.1, 0.15) is 5.82 Å². The molecule has 2 aromatic carbocycles. The topological polar surface area (TPSA) is 49.4 Å². The number of amides is 2. The van der Waals surface area contributed by atoms with Gasteiger partial charge in [0.05, 0.1) is 6.42 Å². The second kappa shape index (κ2) is 8.24. The molecule has 0 aliphatic rings. The zero-order chi connectivity index (χ0) is 17.5. The fraction of sp³-hybridized carbons (Fsp3) is 0.263. The van der Waals surface area contributed by atoms with Gasteiger partial charge in [0.15, 0.2) is 0 Å². The number of hydrogen-bond acceptors (Lipinski definition) is 2. The van der Waals surface area contributed by atoms with E-state index < -0.39 is 0 Å². The van der Waals surface area contributed by atoms with Gasteiger partial charge in [-0.25, -0.2) is 4.39 Å². The van der Waals surface area contributed by atoms with E-state index in [1.54, 1.807) is 29.2 Å². The molecule has 0 bridgehead atoms. The summed E-state index contributed by atoms with van der Waals surface area (Å²) < 4.78 is 13.3. The lowest BCUT2D eigenvalue weighted by atomic mass is 10.1. The van der Waals surface area contributed by atoms with Gasteiger partial charge in [-0.2, -0.15) is 0 Å². The Morgan fingerprint density at radius 2 is 1.79 bits per heavy atom. The molecular weight excluding hydrogens is 307 g/mol. The lowest BCUT2D eigenvalue weighted by molar-refractivity contribution is -0.130. The molecule has 2 rings (SSSR count). The SMILES string of the molecule is CCN(Cc1cccc(F)c1)C(=O)Cc1ccc(NC(C)=O)cc1. The van der Waals surface area contributed by atoms with Crippen molar-refractivity contribution in [2.24, 2.45) is 0 Å². The highest BCUT2D eigenvalue weighted by atomic mass is 19.1. The predicted molar refractivity (Wildman–Crippen MR) is 91.9 cm³/mol. The summed E-state index contributed by atoms with van der Waals surface area (Å²) in [5.74, 6) is -0.454. The first-order valence-corrected chi connectivity index (χ1v) is 7.86. The maximum atomic E-state index is 13.3. The van der Waals surface area contributed by atoms with E-state index in [1.807, 2.05) is 19.1 Å². The number of nitrogens with zero attached hydrogens (tertiary/aromatic N) is 1. The van der Waals surface area contributed by atoms with Crippen LogP contribution in [0.15, 0.2) is 48.5 Å². The summed E-state index contributed by atoms with van der Waals surface area (Å²) in [4.78, 5) is 25.2. The summed E-state index contributed by atoms with van der Waals surface area (Å²) in [7, 11) is 0. The number of anilines is 1. The molecule has 2 aromatic rings. The minimum atomic E-state index is -0.301. The van der Waals surface area contributed by atoms with Crippen molar-refractivity contribution in [3.8, 4) is 0 Å². The number of carbonyl (C=O) groups excluding carboxylic acids is 2. The van der Waals surface area contributed by atoms with E-state index in [-0.39, 0.29) is 24.1 Å². The number of carbonyl (C=O) groups is 2. The highest BCUT2D eigenvalue weighted by molar-refractivity contribution is 5.88. The molecule has 1 N–H and O–H groups in total. The smallest absolute Gasteiger partial charge is 0.227 e. The lowest BCUT2D eigenvalue weighted by Gasteiger charge is -2.21. The van der Waals surface area contributed by atoms with Gasteiger partial charge >= 0.3 is 0 Å². The first kappa shape index (κ1) is 17.7. The molecule has 0 aromatic heterocycles. The highest BCUT2D eigenvalue weighted by Crippen LogP contribution is 2.13. The molecule has 0 spiro atoms. The number of hydrogen-bond donors (Lipinski definition) is 1. The van der Waals surface area contributed by atoms with Crippen molar-refractivity contribution < 1.29 is 14.0 Å². The molecule has 126 valence electrons. The first-order chi connectivity index (χ1) is 11.5. The summed E-state index contributed by atoms with van der Waals surface area (Å²) in [5, 5.41) is 2.69. The molecule has 2 amide bonds. The van der Waals surface area contributed by atoms with Crippen LogP contribution in [0.4, 0.5) is 10.1 Å². The van der Waals surface area contributed by atoms with Gasteiger partial charge in [0.25, 0.3) is 0 Å². The molecular formula is C19H21FN2O2. The van der Waals surface area contributed by atoms with Crippen molar-refractivity contribution >= 4 is 17.5 Å². The van der Waals surface area contributed by atoms with Crippen molar-refractivity contribution in [3.63, 3.8) is 0 Å². The van der Waals surface area contributed by atoms with Gasteiger partial charge in [-0.1, -0.05) is 24.3 Å². The Labute approximate surface area is 141 Å². The maximum Gasteiger partial charge on any atom is 0.227 e. The van der Waals surface area contributed by atoms with Gasteiger partial charge < -0.3 is 10.2 Å². The van der Waals surface area contributed by atoms with Gasteiger partial charge in [0.2, 0.25) is 11.8 Å². The molecule has 0 atom stereocenters. The normalized spacial score (nSPS) is 10.3. The zero-order valence-corrected chi connectivity index (χ0v) is 13.9. The lowest BCUT2D eigenvalue weighted by Crippen LogP contribution is -2.31. The van der Waals surface area contributed by atoms with Crippen LogP contribution < -0.4 is 5.32 Å². The quantitative estimate of drug-likeness (QED) is 0.884. The third-order valence-corrected chi connectivity index (χ3v) is 3.63. The number of nitrogens with one attached hydrogen (secondary N) is 1. The monoisotopic (exact) mass is 328 g/mol. The van der Waals surface area contributed by atoms with Crippen LogP contribution in [-0.2, 0) is 22.6 Å². The minimum absolute atomic E-state index is 0.0194. The van der Waals surface area contributed by atoms with Crippen molar-refractivity contribution in [1.82, 2.24) is 4.90 Å². The standard InChI is InChI=1S/C19H21FN2O2/c1-3-22(13-16-5-4-6-17(20)11-16)19(24)12-15-7-9-18(10-8-15)21-14(2)23/h4-11H,3,12-13H2,1-2H3,(H,21,23). The molecule has 0 fully saturated rings. The fourth-order valence-electron chi connectivity index (χ4n) is 2.43. The Hall–Kier alpha value is -2.69. The van der Waals surface area contributed by atoms with Crippen LogP contribution in [0.2, 0.25) is 0 Å². The van der Waals surface area contributed by atoms with Gasteiger partial charge in [-0.05, 0) is 42.3 Å². The molecule has 0 radical (unpaired) electrons. The average Bonchev–Trinajstić information content (AvgIpc) is 2.54. The molecule has 0 heterocycles. The first-order valence-electron chi connectivity index (χ1n) is 7.86. The van der Waals surface area contributed by atoms with Crippen LogP contribution in [0.1, 0.15) is 25.0 Å². The average molecular weight is 328 g/mol. The number of halogens is 1. The van der Waals surface area contributed by atoms with Crippen LogP contribution in [0.25, 0.3) is 0 Å². The molecule has 24 heavy (non-hydrogen) atoms. The van der Waals surface area contributed by atoms with Crippen LogP contribution in [-0.4, -0.2) is 23.3 Å². The van der Waals surface area contributed by atoms with E-state index in [2.05, 4.69) is 5.32 Å². The van der Waals surface area contributed by atoms with Gasteiger partial charge in [0, 0.05) is 25.7 Å². The van der Waals surface area contributed by atoms with Crippen molar-refractivity contribution in [3.05, 3.63) is 65.5 Å². The van der Waals surface area contributed by atoms with Crippen LogP contribution in [0.5, 0.6) is 0 Å². The maximum absolute atomic E-state index is 13.3. The zero-order valence-electron chi connectivity index (χ0n) is 13.9. The van der Waals surface area contributed by atoms with E-state index in [0.717, 1.165) is 11.1 Å². The summed E-state index contributed by atoms with van der Waals surface area (Å²) >= 11 is 0. The van der Waals surface area contributed by atoms with Crippen LogP contribution in [0.3, 0.4) is 0 Å². The van der Waals surface area contributed by atoms with E-state index in [1.165, 1.54) is 19.1 Å². The highest BCUT2D eigenvalue weighted by Gasteiger charge is 2.13. The summed E-state index contributed by atoms with van der Waals surface area (Å²) in [6.45, 7) is 4.29. The Balaban J connectivity index is 1.99. The second-order valence-corrected chi connectivity index (χ2v) is 5.59. The predicted octanol–water partition coefficient (Wildman–Crippen LogP) is 3.38. The van der Waals surface area contributed by atoms with Crippen LogP contribution >= 0.6 is 0 Å². The Kier molecular flexibility index (Phi) is 6.07. The van der Waals surface area contributed by atoms with Crippen molar-refractivity contribution in [2.75, 3.05) is 11.9 Å². The third kappa shape index (κ3) is 5.19. The van der Waals surface area contributed by atoms with Gasteiger partial charge in [-0.3, -0.25) is 9.59 Å². The number of rotatable bonds is 6. The molecule has 0 aliphatic carbocycles. The van der Waals surface area contributed by atoms with Crippen molar-refractivity contribution in [2.45, 2.75) is 26.8 Å². The Bertz CT molecular complexity index is 714. The summed E-state index contributed by atoms with van der Waals surface area (Å²) in [5.41, 5.74) is 2.34. The van der Waals surface area contributed by atoms with E-state index in [4.69, 9.17) is 0 Å². The van der Waals surface area contributed by atoms with Crippen LogP contribution in [0, 0.1) is 5.82 Å². The van der Waals surface area contributed by atoms with E-state index >= 15 is 0 Å². The minimum Gasteiger partial charge on any atom is -0.338 e. The molecule has 4 nitrogen and oxygen atoms in total. The van der Waals surface area contributed by atoms with Gasteiger partial charge in [-0.15, -0.1) is 0 Å². The Morgan fingerprint density at radius 1 is 1.08 bits per heavy atom. The molecule has 0 saturated heterocycles. The molecule has 0 aliphatic heterocycles. The summed E-state index contributed by atoms with van der Waals surface area (Å²) in [6.07, 6.45) is 0.267. The van der Waals surface area contributed by atoms with Crippen molar-refractivity contribution in [1.29, 1.82) is 0 Å². The summed E-state index contributed by atoms with van der Waals surface area (Å²) in [6, 6.07) is 13.5. The molecule has 0 unspecified atom stereocenters. The molecule has 5 heteroatoms.